The Bertz CT molecular complexity index is 636. The van der Waals surface area contributed by atoms with Gasteiger partial charge in [0.15, 0.2) is 0 Å². The van der Waals surface area contributed by atoms with Gasteiger partial charge in [-0.05, 0) is 26.7 Å². The summed E-state index contributed by atoms with van der Waals surface area (Å²) in [6.45, 7) is 4.82. The van der Waals surface area contributed by atoms with Crippen molar-refractivity contribution in [3.63, 3.8) is 0 Å². The van der Waals surface area contributed by atoms with Crippen molar-refractivity contribution in [2.75, 3.05) is 24.7 Å². The number of ether oxygens (including phenoxy) is 1. The second-order valence-corrected chi connectivity index (χ2v) is 8.48. The number of aromatic nitrogens is 2. The third-order valence-electron chi connectivity index (χ3n) is 4.10. The van der Waals surface area contributed by atoms with Crippen LogP contribution >= 0.6 is 21.6 Å². The fourth-order valence-corrected chi connectivity index (χ4v) is 5.29. The van der Waals surface area contributed by atoms with Gasteiger partial charge in [0, 0.05) is 47.7 Å². The molecule has 0 saturated carbocycles. The van der Waals surface area contributed by atoms with E-state index in [0.717, 1.165) is 42.2 Å². The zero-order chi connectivity index (χ0) is 18.9. The average molecular weight is 401 g/mol. The summed E-state index contributed by atoms with van der Waals surface area (Å²) in [6.07, 6.45) is 5.43. The van der Waals surface area contributed by atoms with Gasteiger partial charge in [-0.15, -0.1) is 0 Å². The van der Waals surface area contributed by atoms with Crippen molar-refractivity contribution in [2.24, 2.45) is 0 Å². The van der Waals surface area contributed by atoms with E-state index in [1.165, 1.54) is 0 Å². The number of aliphatic hydroxyl groups is 1. The number of anilines is 1. The van der Waals surface area contributed by atoms with Crippen molar-refractivity contribution in [1.82, 2.24) is 14.9 Å². The van der Waals surface area contributed by atoms with Crippen LogP contribution in [0.2, 0.25) is 0 Å². The van der Waals surface area contributed by atoms with E-state index in [9.17, 15) is 9.90 Å². The van der Waals surface area contributed by atoms with Gasteiger partial charge in [-0.2, -0.15) is 0 Å². The van der Waals surface area contributed by atoms with E-state index in [-0.39, 0.29) is 6.61 Å². The number of nitrogens with zero attached hydrogens (tertiary/aromatic N) is 3. The van der Waals surface area contributed by atoms with Gasteiger partial charge in [-0.3, -0.25) is 4.79 Å². The molecule has 9 heteroatoms. The monoisotopic (exact) mass is 401 g/mol. The van der Waals surface area contributed by atoms with E-state index >= 15 is 0 Å². The Morgan fingerprint density at radius 1 is 1.62 bits per heavy atom. The standard InChI is InChI=1S/C17H26N4O3S2/c1-12(16(5-6-22)26-25-10-15-4-3-7-24-15)21(11-23)9-14-8-19-13(2)20-17(14)18/h8,11,15,22H,3-7,9-10H2,1-2H3,(H2,18,19,20)/b16-12+/i26+3. The first kappa shape index (κ1) is 21.0. The number of aliphatic hydroxyl groups excluding tert-OH is 1. The molecule has 1 atom stereocenters. The van der Waals surface area contributed by atoms with Gasteiger partial charge in [-0.1, -0.05) is 21.6 Å². The van der Waals surface area contributed by atoms with Gasteiger partial charge in [0.05, 0.1) is 12.6 Å². The van der Waals surface area contributed by atoms with Gasteiger partial charge in [0.1, 0.15) is 11.6 Å². The van der Waals surface area contributed by atoms with Crippen LogP contribution in [0.3, 0.4) is 0 Å². The summed E-state index contributed by atoms with van der Waals surface area (Å²) in [5.74, 6) is 1.87. The van der Waals surface area contributed by atoms with Crippen molar-refractivity contribution in [2.45, 2.75) is 45.8 Å². The maximum absolute atomic E-state index is 11.6. The molecule has 3 N–H and O–H groups in total. The molecule has 7 nitrogen and oxygen atoms in total. The third-order valence-corrected chi connectivity index (χ3v) is 6.79. The van der Waals surface area contributed by atoms with Crippen LogP contribution in [0.25, 0.3) is 0 Å². The molecule has 144 valence electrons. The number of hydrogen-bond acceptors (Lipinski definition) is 8. The summed E-state index contributed by atoms with van der Waals surface area (Å²) in [7, 11) is 3.29. The molecule has 1 unspecified atom stereocenters. The topological polar surface area (TPSA) is 102 Å². The Balaban J connectivity index is 2.05. The molecule has 1 aromatic rings. The number of carbonyl (C=O) groups excluding carboxylic acids is 1. The highest BCUT2D eigenvalue weighted by molar-refractivity contribution is 8.78. The number of aryl methyl sites for hydroxylation is 1. The summed E-state index contributed by atoms with van der Waals surface area (Å²) < 4.78 is 5.63. The lowest BCUT2D eigenvalue weighted by atomic mass is 10.2. The van der Waals surface area contributed by atoms with Crippen molar-refractivity contribution in [3.8, 4) is 0 Å². The SMILES string of the molecule is C/C(=C(/CCO)[35S]SCC1CCCO1)N(C=O)Cc1cnc(C)nc1N. The van der Waals surface area contributed by atoms with E-state index in [0.29, 0.717) is 36.3 Å². The van der Waals surface area contributed by atoms with Crippen LogP contribution in [0, 0.1) is 6.92 Å². The summed E-state index contributed by atoms with van der Waals surface area (Å²) >= 11 is 0. The lowest BCUT2D eigenvalue weighted by Crippen LogP contribution is -2.22. The molecule has 1 saturated heterocycles. The Hall–Kier alpha value is -1.29. The van der Waals surface area contributed by atoms with Crippen LogP contribution in [-0.4, -0.2) is 51.5 Å². The number of hydrogen-bond donors (Lipinski definition) is 2. The number of nitrogen functional groups attached to an aromatic ring is 1. The second-order valence-electron chi connectivity index (χ2n) is 6.05. The molecule has 0 radical (unpaired) electrons. The van der Waals surface area contributed by atoms with Crippen molar-refractivity contribution < 1.29 is 14.6 Å². The van der Waals surface area contributed by atoms with Crippen LogP contribution in [0.15, 0.2) is 16.8 Å². The number of carbonyl (C=O) groups is 1. The number of rotatable bonds is 10. The molecule has 1 aliphatic rings. The lowest BCUT2D eigenvalue weighted by molar-refractivity contribution is -0.116. The van der Waals surface area contributed by atoms with Gasteiger partial charge in [-0.25, -0.2) is 9.97 Å². The number of amides is 1. The molecule has 1 fully saturated rings. The van der Waals surface area contributed by atoms with Crippen molar-refractivity contribution in [1.29, 1.82) is 0 Å². The van der Waals surface area contributed by atoms with Gasteiger partial charge >= 0.3 is 0 Å². The summed E-state index contributed by atoms with van der Waals surface area (Å²) in [4.78, 5) is 22.5. The predicted molar refractivity (Wildman–Crippen MR) is 106 cm³/mol. The van der Waals surface area contributed by atoms with Crippen molar-refractivity contribution >= 4 is 33.8 Å². The molecule has 2 heterocycles. The molecule has 0 aromatic carbocycles. The first-order chi connectivity index (χ1) is 12.5. The Morgan fingerprint density at radius 3 is 3.04 bits per heavy atom. The predicted octanol–water partition coefficient (Wildman–Crippen LogP) is 2.50. The van der Waals surface area contributed by atoms with E-state index in [1.54, 1.807) is 39.6 Å². The maximum atomic E-state index is 11.6. The molecule has 1 aliphatic heterocycles. The smallest absolute Gasteiger partial charge is 0.214 e. The molecular formula is C17H26N4O3S2. The normalized spacial score (nSPS) is 17.9. The minimum absolute atomic E-state index is 0.0304. The Labute approximate surface area is 162 Å². The highest BCUT2D eigenvalue weighted by Gasteiger charge is 2.18. The quantitative estimate of drug-likeness (QED) is 0.456. The number of nitrogens with two attached hydrogens (primary N) is 1. The summed E-state index contributed by atoms with van der Waals surface area (Å²) in [5, 5.41) is 9.39. The zero-order valence-electron chi connectivity index (χ0n) is 15.2. The average Bonchev–Trinajstić information content (AvgIpc) is 3.13. The highest BCUT2D eigenvalue weighted by Crippen LogP contribution is 2.37. The zero-order valence-corrected chi connectivity index (χ0v) is 16.8. The fourth-order valence-electron chi connectivity index (χ4n) is 2.55. The third kappa shape index (κ3) is 6.15. The first-order valence-electron chi connectivity index (χ1n) is 8.56. The van der Waals surface area contributed by atoms with Gasteiger partial charge in [0.2, 0.25) is 6.41 Å². The molecule has 26 heavy (non-hydrogen) atoms. The van der Waals surface area contributed by atoms with Crippen molar-refractivity contribution in [3.05, 3.63) is 28.2 Å². The maximum Gasteiger partial charge on any atom is 0.214 e. The van der Waals surface area contributed by atoms with Crippen LogP contribution in [0.1, 0.15) is 37.6 Å². The van der Waals surface area contributed by atoms with Crippen LogP contribution < -0.4 is 5.73 Å². The molecular weight excluding hydrogens is 375 g/mol. The van der Waals surface area contributed by atoms with Crippen LogP contribution in [-0.2, 0) is 16.1 Å². The molecule has 0 bridgehead atoms. The van der Waals surface area contributed by atoms with E-state index in [1.807, 2.05) is 6.92 Å². The van der Waals surface area contributed by atoms with Crippen LogP contribution in [0.4, 0.5) is 5.82 Å². The molecule has 0 spiro atoms. The van der Waals surface area contributed by atoms with E-state index in [2.05, 4.69) is 9.97 Å². The largest absolute Gasteiger partial charge is 0.396 e. The first-order valence-corrected chi connectivity index (χ1v) is 10.9. The van der Waals surface area contributed by atoms with Crippen LogP contribution in [0.5, 0.6) is 0 Å². The fraction of sp³-hybridized carbons (Fsp3) is 0.588. The van der Waals surface area contributed by atoms with E-state index < -0.39 is 0 Å². The molecule has 1 amide bonds. The van der Waals surface area contributed by atoms with E-state index in [4.69, 9.17) is 10.5 Å². The van der Waals surface area contributed by atoms with Gasteiger partial charge < -0.3 is 20.5 Å². The van der Waals surface area contributed by atoms with Gasteiger partial charge in [0.25, 0.3) is 0 Å². The molecule has 1 aromatic heterocycles. The summed E-state index contributed by atoms with van der Waals surface area (Å²) in [5.41, 5.74) is 7.44. The second kappa shape index (κ2) is 10.8. The lowest BCUT2D eigenvalue weighted by Gasteiger charge is -2.22. The minimum Gasteiger partial charge on any atom is -0.396 e. The summed E-state index contributed by atoms with van der Waals surface area (Å²) in [6, 6.07) is 0. The number of allylic oxidation sites excluding steroid dienone is 1. The molecule has 0 aliphatic carbocycles. The Kier molecular flexibility index (Phi) is 8.70. The highest BCUT2D eigenvalue weighted by atomic mass is 35.3. The Morgan fingerprint density at radius 2 is 2.42 bits per heavy atom. The molecule has 2 rings (SSSR count). The minimum atomic E-state index is 0.0304.